The highest BCUT2D eigenvalue weighted by Crippen LogP contribution is 2.41. The van der Waals surface area contributed by atoms with Crippen LogP contribution in [0.4, 0.5) is 0 Å². The number of rotatable bonds is 1. The molecule has 1 heteroatoms. The monoisotopic (exact) mass is 166 g/mol. The van der Waals surface area contributed by atoms with Crippen LogP contribution in [-0.4, -0.2) is 11.7 Å². The third-order valence-electron chi connectivity index (χ3n) is 2.72. The van der Waals surface area contributed by atoms with E-state index in [0.29, 0.717) is 12.0 Å². The van der Waals surface area contributed by atoms with Crippen molar-refractivity contribution in [3.63, 3.8) is 0 Å². The molecule has 0 spiro atoms. The van der Waals surface area contributed by atoms with E-state index in [-0.39, 0.29) is 5.60 Å². The van der Waals surface area contributed by atoms with E-state index in [9.17, 15) is 0 Å². The van der Waals surface area contributed by atoms with E-state index in [2.05, 4.69) is 32.9 Å². The van der Waals surface area contributed by atoms with Gasteiger partial charge in [0.1, 0.15) is 0 Å². The van der Waals surface area contributed by atoms with Gasteiger partial charge in [0.05, 0.1) is 11.7 Å². The van der Waals surface area contributed by atoms with Crippen LogP contribution in [0.5, 0.6) is 0 Å². The summed E-state index contributed by atoms with van der Waals surface area (Å²) < 4.78 is 5.98. The van der Waals surface area contributed by atoms with Crippen LogP contribution in [0.25, 0.3) is 0 Å². The molecular formula is C11H18O. The molecule has 2 aliphatic rings. The molecule has 0 N–H and O–H groups in total. The third kappa shape index (κ3) is 1.56. The number of fused-ring (bicyclic) bond motifs is 2. The van der Waals surface area contributed by atoms with E-state index in [0.717, 1.165) is 5.92 Å². The molecule has 1 fully saturated rings. The Hall–Kier alpha value is -0.300. The molecular weight excluding hydrogens is 148 g/mol. The molecule has 0 radical (unpaired) electrons. The zero-order chi connectivity index (χ0) is 8.77. The topological polar surface area (TPSA) is 9.23 Å². The molecule has 0 aromatic carbocycles. The predicted molar refractivity (Wildman–Crippen MR) is 50.0 cm³/mol. The number of hydrogen-bond donors (Lipinski definition) is 0. The first-order chi connectivity index (χ1) is 5.54. The van der Waals surface area contributed by atoms with Crippen LogP contribution in [0.2, 0.25) is 0 Å². The highest BCUT2D eigenvalue weighted by molar-refractivity contribution is 5.11. The summed E-state index contributed by atoms with van der Waals surface area (Å²) in [6, 6.07) is 0. The van der Waals surface area contributed by atoms with Gasteiger partial charge in [0.15, 0.2) is 0 Å². The number of allylic oxidation sites excluding steroid dienone is 1. The SMILES string of the molecule is CC(C)(C)OC1CC2C=CC1C2. The molecule has 68 valence electrons. The molecule has 0 aliphatic heterocycles. The van der Waals surface area contributed by atoms with Gasteiger partial charge in [0.2, 0.25) is 0 Å². The Labute approximate surface area is 74.8 Å². The number of ether oxygens (including phenoxy) is 1. The van der Waals surface area contributed by atoms with Crippen molar-refractivity contribution in [2.45, 2.75) is 45.3 Å². The fourth-order valence-electron chi connectivity index (χ4n) is 2.32. The fourth-order valence-corrected chi connectivity index (χ4v) is 2.32. The largest absolute Gasteiger partial charge is 0.372 e. The third-order valence-corrected chi connectivity index (χ3v) is 2.72. The van der Waals surface area contributed by atoms with E-state index in [4.69, 9.17) is 4.74 Å². The second-order valence-corrected chi connectivity index (χ2v) is 5.05. The summed E-state index contributed by atoms with van der Waals surface area (Å²) in [5, 5.41) is 0. The molecule has 1 saturated carbocycles. The molecule has 0 aromatic heterocycles. The molecule has 12 heavy (non-hydrogen) atoms. The Kier molecular flexibility index (Phi) is 1.80. The van der Waals surface area contributed by atoms with Crippen LogP contribution in [0.15, 0.2) is 12.2 Å². The van der Waals surface area contributed by atoms with Gasteiger partial charge >= 0.3 is 0 Å². The second-order valence-electron chi connectivity index (χ2n) is 5.05. The lowest BCUT2D eigenvalue weighted by molar-refractivity contribution is -0.0698. The molecule has 0 saturated heterocycles. The lowest BCUT2D eigenvalue weighted by Gasteiger charge is -2.28. The maximum absolute atomic E-state index is 5.98. The van der Waals surface area contributed by atoms with Gasteiger partial charge in [-0.15, -0.1) is 0 Å². The highest BCUT2D eigenvalue weighted by Gasteiger charge is 2.38. The van der Waals surface area contributed by atoms with E-state index < -0.39 is 0 Å². The summed E-state index contributed by atoms with van der Waals surface area (Å²) in [7, 11) is 0. The Morgan fingerprint density at radius 1 is 1.17 bits per heavy atom. The van der Waals surface area contributed by atoms with Crippen LogP contribution in [-0.2, 0) is 4.74 Å². The normalized spacial score (nSPS) is 39.4. The summed E-state index contributed by atoms with van der Waals surface area (Å²) in [5.74, 6) is 1.54. The van der Waals surface area contributed by atoms with Gasteiger partial charge in [-0.3, -0.25) is 0 Å². The molecule has 2 rings (SSSR count). The first kappa shape index (κ1) is 8.31. The van der Waals surface area contributed by atoms with Gasteiger partial charge in [-0.2, -0.15) is 0 Å². The Morgan fingerprint density at radius 3 is 2.33 bits per heavy atom. The van der Waals surface area contributed by atoms with Gasteiger partial charge in [0, 0.05) is 5.92 Å². The van der Waals surface area contributed by atoms with Crippen LogP contribution < -0.4 is 0 Å². The summed E-state index contributed by atoms with van der Waals surface area (Å²) >= 11 is 0. The molecule has 0 amide bonds. The first-order valence-corrected chi connectivity index (χ1v) is 4.91. The van der Waals surface area contributed by atoms with Crippen LogP contribution in [0.3, 0.4) is 0 Å². The Balaban J connectivity index is 1.96. The van der Waals surface area contributed by atoms with Gasteiger partial charge in [-0.05, 0) is 39.5 Å². The summed E-state index contributed by atoms with van der Waals surface area (Å²) in [5.41, 5.74) is 0.0307. The highest BCUT2D eigenvalue weighted by atomic mass is 16.5. The van der Waals surface area contributed by atoms with Crippen molar-refractivity contribution >= 4 is 0 Å². The van der Waals surface area contributed by atoms with Crippen molar-refractivity contribution in [3.05, 3.63) is 12.2 Å². The molecule has 2 aliphatic carbocycles. The standard InChI is InChI=1S/C11H18O/c1-11(2,3)12-10-7-8-4-5-9(10)6-8/h4-5,8-10H,6-7H2,1-3H3. The van der Waals surface area contributed by atoms with E-state index >= 15 is 0 Å². The minimum absolute atomic E-state index is 0.0307. The summed E-state index contributed by atoms with van der Waals surface area (Å²) in [4.78, 5) is 0. The smallest absolute Gasteiger partial charge is 0.0650 e. The van der Waals surface area contributed by atoms with Gasteiger partial charge in [-0.1, -0.05) is 12.2 Å². The molecule has 2 bridgehead atoms. The average molecular weight is 166 g/mol. The van der Waals surface area contributed by atoms with Crippen molar-refractivity contribution in [3.8, 4) is 0 Å². The van der Waals surface area contributed by atoms with Gasteiger partial charge in [-0.25, -0.2) is 0 Å². The van der Waals surface area contributed by atoms with Crippen LogP contribution >= 0.6 is 0 Å². The lowest BCUT2D eigenvalue weighted by atomic mass is 10.0. The van der Waals surface area contributed by atoms with Crippen molar-refractivity contribution in [1.29, 1.82) is 0 Å². The van der Waals surface area contributed by atoms with E-state index in [1.54, 1.807) is 0 Å². The van der Waals surface area contributed by atoms with Crippen LogP contribution in [0, 0.1) is 11.8 Å². The maximum Gasteiger partial charge on any atom is 0.0650 e. The lowest BCUT2D eigenvalue weighted by Crippen LogP contribution is -2.29. The quantitative estimate of drug-likeness (QED) is 0.544. The van der Waals surface area contributed by atoms with Gasteiger partial charge < -0.3 is 4.74 Å². The van der Waals surface area contributed by atoms with Gasteiger partial charge in [0.25, 0.3) is 0 Å². The Bertz CT molecular complexity index is 200. The zero-order valence-corrected chi connectivity index (χ0v) is 8.21. The van der Waals surface area contributed by atoms with Crippen molar-refractivity contribution in [1.82, 2.24) is 0 Å². The second kappa shape index (κ2) is 2.59. The molecule has 0 aromatic rings. The number of hydrogen-bond acceptors (Lipinski definition) is 1. The average Bonchev–Trinajstić information content (AvgIpc) is 2.42. The van der Waals surface area contributed by atoms with E-state index in [1.807, 2.05) is 0 Å². The van der Waals surface area contributed by atoms with Crippen LogP contribution in [0.1, 0.15) is 33.6 Å². The minimum Gasteiger partial charge on any atom is -0.372 e. The fraction of sp³-hybridized carbons (Fsp3) is 0.818. The minimum atomic E-state index is 0.0307. The Morgan fingerprint density at radius 2 is 1.92 bits per heavy atom. The maximum atomic E-state index is 5.98. The predicted octanol–water partition coefficient (Wildman–Crippen LogP) is 2.77. The molecule has 3 unspecified atom stereocenters. The van der Waals surface area contributed by atoms with E-state index in [1.165, 1.54) is 12.8 Å². The van der Waals surface area contributed by atoms with Crippen molar-refractivity contribution in [2.24, 2.45) is 11.8 Å². The summed E-state index contributed by atoms with van der Waals surface area (Å²) in [6.45, 7) is 6.42. The first-order valence-electron chi connectivity index (χ1n) is 4.91. The summed E-state index contributed by atoms with van der Waals surface area (Å²) in [6.07, 6.45) is 7.77. The zero-order valence-electron chi connectivity index (χ0n) is 8.21. The molecule has 1 nitrogen and oxygen atoms in total. The molecule has 0 heterocycles. The van der Waals surface area contributed by atoms with Crippen molar-refractivity contribution < 1.29 is 4.74 Å². The van der Waals surface area contributed by atoms with Crippen molar-refractivity contribution in [2.75, 3.05) is 0 Å². The molecule has 3 atom stereocenters.